The normalized spacial score (nSPS) is 18.9. The molecule has 20 heavy (non-hydrogen) atoms. The fourth-order valence-corrected chi connectivity index (χ4v) is 2.86. The summed E-state index contributed by atoms with van der Waals surface area (Å²) in [7, 11) is 0. The molecule has 1 fully saturated rings. The van der Waals surface area contributed by atoms with Gasteiger partial charge in [0.15, 0.2) is 0 Å². The molecular formula is C14H17ClN2O3. The van der Waals surface area contributed by atoms with Crippen molar-refractivity contribution in [2.75, 3.05) is 12.4 Å². The lowest BCUT2D eigenvalue weighted by atomic mass is 10.00. The number of likely N-dealkylation sites (tertiary alicyclic amines) is 1. The minimum atomic E-state index is -0.481. The summed E-state index contributed by atoms with van der Waals surface area (Å²) in [5.74, 6) is 0.247. The van der Waals surface area contributed by atoms with Crippen LogP contribution in [0.4, 0.5) is 5.69 Å². The second-order valence-corrected chi connectivity index (χ2v) is 5.37. The van der Waals surface area contributed by atoms with Crippen LogP contribution >= 0.6 is 11.6 Å². The van der Waals surface area contributed by atoms with Crippen molar-refractivity contribution in [1.82, 2.24) is 4.90 Å². The molecule has 1 unspecified atom stereocenters. The lowest BCUT2D eigenvalue weighted by molar-refractivity contribution is -0.384. The van der Waals surface area contributed by atoms with Crippen molar-refractivity contribution < 1.29 is 9.72 Å². The maximum Gasteiger partial charge on any atom is 0.270 e. The van der Waals surface area contributed by atoms with Gasteiger partial charge < -0.3 is 4.90 Å². The molecule has 1 aromatic carbocycles. The average Bonchev–Trinajstić information content (AvgIpc) is 2.46. The van der Waals surface area contributed by atoms with Crippen molar-refractivity contribution in [2.45, 2.75) is 32.2 Å². The van der Waals surface area contributed by atoms with Gasteiger partial charge in [0.25, 0.3) is 11.6 Å². The van der Waals surface area contributed by atoms with Crippen molar-refractivity contribution in [2.24, 2.45) is 0 Å². The Hall–Kier alpha value is -1.62. The van der Waals surface area contributed by atoms with Gasteiger partial charge in [0.2, 0.25) is 0 Å². The van der Waals surface area contributed by atoms with E-state index in [0.29, 0.717) is 18.0 Å². The van der Waals surface area contributed by atoms with E-state index in [2.05, 4.69) is 0 Å². The summed E-state index contributed by atoms with van der Waals surface area (Å²) in [6, 6.07) is 4.42. The summed E-state index contributed by atoms with van der Waals surface area (Å²) in [4.78, 5) is 24.7. The van der Waals surface area contributed by atoms with Crippen molar-refractivity contribution in [1.29, 1.82) is 0 Å². The van der Waals surface area contributed by atoms with Crippen LogP contribution in [0.25, 0.3) is 0 Å². The van der Waals surface area contributed by atoms with Gasteiger partial charge in [-0.15, -0.1) is 11.6 Å². The summed E-state index contributed by atoms with van der Waals surface area (Å²) >= 11 is 5.93. The zero-order valence-corrected chi connectivity index (χ0v) is 12.1. The zero-order chi connectivity index (χ0) is 14.7. The molecule has 0 bridgehead atoms. The molecular weight excluding hydrogens is 280 g/mol. The van der Waals surface area contributed by atoms with E-state index in [1.807, 2.05) is 0 Å². The molecule has 6 heteroatoms. The van der Waals surface area contributed by atoms with E-state index in [1.54, 1.807) is 17.9 Å². The fourth-order valence-electron chi connectivity index (χ4n) is 2.54. The number of nitro benzene ring substituents is 1. The average molecular weight is 297 g/mol. The van der Waals surface area contributed by atoms with Gasteiger partial charge in [-0.25, -0.2) is 0 Å². The number of rotatable bonds is 3. The number of alkyl halides is 1. The number of non-ortho nitro benzene ring substituents is 1. The van der Waals surface area contributed by atoms with E-state index in [9.17, 15) is 14.9 Å². The summed E-state index contributed by atoms with van der Waals surface area (Å²) in [6.45, 7) is 2.45. The predicted octanol–water partition coefficient (Wildman–Crippen LogP) is 3.14. The predicted molar refractivity (Wildman–Crippen MR) is 77.2 cm³/mol. The number of nitro groups is 1. The molecule has 1 aromatic rings. The van der Waals surface area contributed by atoms with Crippen LogP contribution in [0.15, 0.2) is 18.2 Å². The second kappa shape index (κ2) is 6.22. The van der Waals surface area contributed by atoms with Gasteiger partial charge in [-0.1, -0.05) is 6.07 Å². The molecule has 1 saturated heterocycles. The van der Waals surface area contributed by atoms with Crippen LogP contribution in [0, 0.1) is 17.0 Å². The van der Waals surface area contributed by atoms with Gasteiger partial charge in [-0.3, -0.25) is 14.9 Å². The highest BCUT2D eigenvalue weighted by molar-refractivity contribution is 6.18. The van der Waals surface area contributed by atoms with Gasteiger partial charge in [-0.2, -0.15) is 0 Å². The molecule has 1 amide bonds. The van der Waals surface area contributed by atoms with Crippen LogP contribution in [0.2, 0.25) is 0 Å². The molecule has 1 aliphatic heterocycles. The molecule has 0 N–H and O–H groups in total. The number of aryl methyl sites for hydroxylation is 1. The SMILES string of the molecule is Cc1ccc([N+](=O)[O-])cc1C(=O)N1CCCCC1CCl. The summed E-state index contributed by atoms with van der Waals surface area (Å²) in [6.07, 6.45) is 2.91. The molecule has 1 heterocycles. The van der Waals surface area contributed by atoms with Gasteiger partial charge in [0.05, 0.1) is 4.92 Å². The summed E-state index contributed by atoms with van der Waals surface area (Å²) < 4.78 is 0. The maximum absolute atomic E-state index is 12.6. The molecule has 2 rings (SSSR count). The van der Waals surface area contributed by atoms with Crippen LogP contribution in [0.3, 0.4) is 0 Å². The van der Waals surface area contributed by atoms with E-state index in [1.165, 1.54) is 12.1 Å². The Kier molecular flexibility index (Phi) is 4.60. The highest BCUT2D eigenvalue weighted by atomic mass is 35.5. The third-order valence-electron chi connectivity index (χ3n) is 3.73. The summed E-state index contributed by atoms with van der Waals surface area (Å²) in [5.41, 5.74) is 1.09. The monoisotopic (exact) mass is 296 g/mol. The number of hydrogen-bond donors (Lipinski definition) is 0. The van der Waals surface area contributed by atoms with Crippen LogP contribution in [0.1, 0.15) is 35.2 Å². The Bertz CT molecular complexity index is 533. The first kappa shape index (κ1) is 14.8. The van der Waals surface area contributed by atoms with Crippen molar-refractivity contribution >= 4 is 23.2 Å². The topological polar surface area (TPSA) is 63.5 Å². The zero-order valence-electron chi connectivity index (χ0n) is 11.3. The first-order chi connectivity index (χ1) is 9.54. The van der Waals surface area contributed by atoms with Gasteiger partial charge in [0.1, 0.15) is 0 Å². The fraction of sp³-hybridized carbons (Fsp3) is 0.500. The first-order valence-electron chi connectivity index (χ1n) is 6.66. The van der Waals surface area contributed by atoms with E-state index in [0.717, 1.165) is 24.8 Å². The van der Waals surface area contributed by atoms with Gasteiger partial charge in [-0.05, 0) is 31.7 Å². The molecule has 108 valence electrons. The van der Waals surface area contributed by atoms with Crippen molar-refractivity contribution in [3.63, 3.8) is 0 Å². The Morgan fingerprint density at radius 1 is 1.50 bits per heavy atom. The molecule has 5 nitrogen and oxygen atoms in total. The third-order valence-corrected chi connectivity index (χ3v) is 4.08. The number of piperidine rings is 1. The van der Waals surface area contributed by atoms with Gasteiger partial charge >= 0.3 is 0 Å². The number of hydrogen-bond acceptors (Lipinski definition) is 3. The number of nitrogens with zero attached hydrogens (tertiary/aromatic N) is 2. The quantitative estimate of drug-likeness (QED) is 0.489. The second-order valence-electron chi connectivity index (χ2n) is 5.06. The molecule has 0 saturated carbocycles. The van der Waals surface area contributed by atoms with Gasteiger partial charge in [0, 0.05) is 36.2 Å². The smallest absolute Gasteiger partial charge is 0.270 e. The number of carbonyl (C=O) groups excluding carboxylic acids is 1. The minimum Gasteiger partial charge on any atom is -0.334 e. The van der Waals surface area contributed by atoms with Crippen molar-refractivity contribution in [3.05, 3.63) is 39.4 Å². The van der Waals surface area contributed by atoms with E-state index in [4.69, 9.17) is 11.6 Å². The molecule has 0 radical (unpaired) electrons. The molecule has 1 atom stereocenters. The first-order valence-corrected chi connectivity index (χ1v) is 7.20. The number of amides is 1. The van der Waals surface area contributed by atoms with E-state index >= 15 is 0 Å². The number of carbonyl (C=O) groups is 1. The van der Waals surface area contributed by atoms with Crippen LogP contribution in [-0.4, -0.2) is 34.2 Å². The summed E-state index contributed by atoms with van der Waals surface area (Å²) in [5, 5.41) is 10.8. The Labute approximate surface area is 122 Å². The number of halogens is 1. The molecule has 0 spiro atoms. The minimum absolute atomic E-state index is 0.0246. The van der Waals surface area contributed by atoms with Crippen LogP contribution < -0.4 is 0 Å². The van der Waals surface area contributed by atoms with Crippen LogP contribution in [-0.2, 0) is 0 Å². The van der Waals surface area contributed by atoms with E-state index in [-0.39, 0.29) is 17.6 Å². The highest BCUT2D eigenvalue weighted by Crippen LogP contribution is 2.24. The largest absolute Gasteiger partial charge is 0.334 e. The van der Waals surface area contributed by atoms with E-state index < -0.39 is 4.92 Å². The number of benzene rings is 1. The Morgan fingerprint density at radius 2 is 2.25 bits per heavy atom. The standard InChI is InChI=1S/C14H17ClN2O3/c1-10-5-6-11(17(19)20)8-13(10)14(18)16-7-3-2-4-12(16)9-15/h5-6,8,12H,2-4,7,9H2,1H3. The molecule has 0 aliphatic carbocycles. The van der Waals surface area contributed by atoms with Crippen LogP contribution in [0.5, 0.6) is 0 Å². The molecule has 1 aliphatic rings. The van der Waals surface area contributed by atoms with Crippen molar-refractivity contribution in [3.8, 4) is 0 Å². The Morgan fingerprint density at radius 3 is 2.90 bits per heavy atom. The molecule has 0 aromatic heterocycles. The maximum atomic E-state index is 12.6. The highest BCUT2D eigenvalue weighted by Gasteiger charge is 2.28. The Balaban J connectivity index is 2.32. The lowest BCUT2D eigenvalue weighted by Crippen LogP contribution is -2.44. The third kappa shape index (κ3) is 2.93. The lowest BCUT2D eigenvalue weighted by Gasteiger charge is -2.35.